The summed E-state index contributed by atoms with van der Waals surface area (Å²) in [6.45, 7) is 1.93. The van der Waals surface area contributed by atoms with Crippen LogP contribution in [0, 0.1) is 11.6 Å². The highest BCUT2D eigenvalue weighted by Crippen LogP contribution is 2.14. The van der Waals surface area contributed by atoms with Crippen LogP contribution in [0.5, 0.6) is 0 Å². The smallest absolute Gasteiger partial charge is 0.175 e. The molecule has 2 aromatic rings. The van der Waals surface area contributed by atoms with Crippen molar-refractivity contribution >= 4 is 12.2 Å². The Morgan fingerprint density at radius 1 is 1.54 bits per heavy atom. The van der Waals surface area contributed by atoms with E-state index in [-0.39, 0.29) is 0 Å². The number of nitrogens with zero attached hydrogens (tertiary/aromatic N) is 1. The highest BCUT2D eigenvalue weighted by molar-refractivity contribution is 7.71. The fourth-order valence-corrected chi connectivity index (χ4v) is 1.38. The van der Waals surface area contributed by atoms with E-state index in [1.807, 2.05) is 25.1 Å². The van der Waals surface area contributed by atoms with Crippen molar-refractivity contribution in [2.75, 3.05) is 0 Å². The number of furan rings is 1. The second kappa shape index (κ2) is 3.14. The van der Waals surface area contributed by atoms with Gasteiger partial charge in [0.2, 0.25) is 0 Å². The lowest BCUT2D eigenvalue weighted by atomic mass is 10.4. The highest BCUT2D eigenvalue weighted by Gasteiger charge is 2.02. The molecule has 2 rings (SSSR count). The highest BCUT2D eigenvalue weighted by atomic mass is 32.1. The number of hydrogen-bond acceptors (Lipinski definition) is 3. The number of aromatic nitrogens is 2. The van der Waals surface area contributed by atoms with Crippen molar-refractivity contribution in [1.82, 2.24) is 9.97 Å². The molecule has 0 fully saturated rings. The molecule has 0 unspecified atom stereocenters. The fraction of sp³-hybridized carbons (Fsp3) is 0.111. The Morgan fingerprint density at radius 3 is 3.00 bits per heavy atom. The van der Waals surface area contributed by atoms with Crippen LogP contribution >= 0.6 is 12.2 Å². The van der Waals surface area contributed by atoms with Gasteiger partial charge in [-0.2, -0.15) is 0 Å². The predicted octanol–water partition coefficient (Wildman–Crippen LogP) is 2.71. The first-order valence-electron chi connectivity index (χ1n) is 3.87. The summed E-state index contributed by atoms with van der Waals surface area (Å²) in [5, 5.41) is 0. The molecule has 4 heteroatoms. The molecule has 0 aromatic carbocycles. The van der Waals surface area contributed by atoms with Gasteiger partial charge in [-0.05, 0) is 25.1 Å². The van der Waals surface area contributed by atoms with Crippen LogP contribution < -0.4 is 0 Å². The minimum absolute atomic E-state index is 0.572. The molecule has 2 heterocycles. The second-order valence-electron chi connectivity index (χ2n) is 2.73. The molecule has 0 radical (unpaired) electrons. The van der Waals surface area contributed by atoms with Crippen LogP contribution in [-0.2, 0) is 0 Å². The van der Waals surface area contributed by atoms with Gasteiger partial charge in [-0.3, -0.25) is 0 Å². The Balaban J connectivity index is 2.59. The molecule has 0 aliphatic heterocycles. The van der Waals surface area contributed by atoms with Crippen LogP contribution in [0.1, 0.15) is 5.69 Å². The largest absolute Gasteiger partial charge is 0.461 e. The molecule has 0 bridgehead atoms. The summed E-state index contributed by atoms with van der Waals surface area (Å²) in [5.74, 6) is 1.38. The van der Waals surface area contributed by atoms with E-state index >= 15 is 0 Å². The molecule has 13 heavy (non-hydrogen) atoms. The summed E-state index contributed by atoms with van der Waals surface area (Å²) in [6.07, 6.45) is 1.61. The Bertz CT molecular complexity index is 459. The standard InChI is InChI=1S/C9H8N2OS/c1-6-5-8(13)11-9(10-6)7-3-2-4-12-7/h2-5H,1H3,(H,10,11,13). The van der Waals surface area contributed by atoms with Gasteiger partial charge in [0.05, 0.1) is 6.26 Å². The number of H-pyrrole nitrogens is 1. The van der Waals surface area contributed by atoms with E-state index in [9.17, 15) is 0 Å². The molecule has 0 aliphatic carbocycles. The van der Waals surface area contributed by atoms with Crippen molar-refractivity contribution in [3.05, 3.63) is 34.8 Å². The van der Waals surface area contributed by atoms with E-state index in [0.29, 0.717) is 16.2 Å². The number of rotatable bonds is 1. The predicted molar refractivity (Wildman–Crippen MR) is 51.9 cm³/mol. The zero-order valence-electron chi connectivity index (χ0n) is 7.07. The lowest BCUT2D eigenvalue weighted by molar-refractivity contribution is 0.577. The third-order valence-corrected chi connectivity index (χ3v) is 1.84. The van der Waals surface area contributed by atoms with Crippen molar-refractivity contribution in [2.45, 2.75) is 6.92 Å². The van der Waals surface area contributed by atoms with Gasteiger partial charge >= 0.3 is 0 Å². The van der Waals surface area contributed by atoms with Gasteiger partial charge in [0.15, 0.2) is 11.6 Å². The average Bonchev–Trinajstić information content (AvgIpc) is 2.53. The first kappa shape index (κ1) is 8.19. The van der Waals surface area contributed by atoms with Gasteiger partial charge in [-0.1, -0.05) is 12.2 Å². The summed E-state index contributed by atoms with van der Waals surface area (Å²) in [7, 11) is 0. The third kappa shape index (κ3) is 1.67. The number of nitrogens with one attached hydrogen (secondary N) is 1. The van der Waals surface area contributed by atoms with E-state index in [1.165, 1.54) is 0 Å². The molecule has 0 saturated carbocycles. The van der Waals surface area contributed by atoms with Crippen LogP contribution in [0.2, 0.25) is 0 Å². The second-order valence-corrected chi connectivity index (χ2v) is 3.15. The molecule has 2 aromatic heterocycles. The fourth-order valence-electron chi connectivity index (χ4n) is 1.11. The van der Waals surface area contributed by atoms with E-state index in [2.05, 4.69) is 9.97 Å². The lowest BCUT2D eigenvalue weighted by Gasteiger charge is -1.98. The van der Waals surface area contributed by atoms with Crippen molar-refractivity contribution in [3.8, 4) is 11.6 Å². The van der Waals surface area contributed by atoms with Gasteiger partial charge in [-0.15, -0.1) is 0 Å². The molecule has 0 amide bonds. The third-order valence-electron chi connectivity index (χ3n) is 1.63. The topological polar surface area (TPSA) is 41.8 Å². The van der Waals surface area contributed by atoms with Crippen LogP contribution in [0.25, 0.3) is 11.6 Å². The quantitative estimate of drug-likeness (QED) is 0.706. The van der Waals surface area contributed by atoms with Gasteiger partial charge in [0.25, 0.3) is 0 Å². The number of aryl methyl sites for hydroxylation is 1. The van der Waals surface area contributed by atoms with E-state index in [4.69, 9.17) is 16.6 Å². The van der Waals surface area contributed by atoms with Gasteiger partial charge < -0.3 is 9.40 Å². The van der Waals surface area contributed by atoms with E-state index in [0.717, 1.165) is 5.69 Å². The molecule has 3 nitrogen and oxygen atoms in total. The zero-order chi connectivity index (χ0) is 9.26. The maximum Gasteiger partial charge on any atom is 0.175 e. The van der Waals surface area contributed by atoms with Gasteiger partial charge in [0.1, 0.15) is 4.64 Å². The lowest BCUT2D eigenvalue weighted by Crippen LogP contribution is -1.90. The zero-order valence-corrected chi connectivity index (χ0v) is 7.89. The van der Waals surface area contributed by atoms with Gasteiger partial charge in [0, 0.05) is 5.69 Å². The number of aromatic amines is 1. The first-order valence-corrected chi connectivity index (χ1v) is 4.28. The van der Waals surface area contributed by atoms with Crippen LogP contribution in [0.4, 0.5) is 0 Å². The Hall–Kier alpha value is -1.42. The minimum atomic E-state index is 0.572. The summed E-state index contributed by atoms with van der Waals surface area (Å²) < 4.78 is 5.76. The van der Waals surface area contributed by atoms with Crippen LogP contribution in [0.15, 0.2) is 28.9 Å². The molecule has 1 N–H and O–H groups in total. The Morgan fingerprint density at radius 2 is 2.38 bits per heavy atom. The first-order chi connectivity index (χ1) is 6.25. The molecular formula is C9H8N2OS. The summed E-state index contributed by atoms with van der Waals surface area (Å²) in [5.41, 5.74) is 0.978. The maximum absolute atomic E-state index is 5.19. The maximum atomic E-state index is 5.19. The Labute approximate surface area is 80.4 Å². The monoisotopic (exact) mass is 192 g/mol. The minimum Gasteiger partial charge on any atom is -0.461 e. The van der Waals surface area contributed by atoms with E-state index < -0.39 is 0 Å². The van der Waals surface area contributed by atoms with Gasteiger partial charge in [-0.25, -0.2) is 4.98 Å². The molecule has 66 valence electrons. The summed E-state index contributed by atoms with van der Waals surface area (Å²) in [6, 6.07) is 5.46. The molecule has 0 saturated heterocycles. The van der Waals surface area contributed by atoms with Crippen LogP contribution in [-0.4, -0.2) is 9.97 Å². The molecular weight excluding hydrogens is 184 g/mol. The van der Waals surface area contributed by atoms with Crippen molar-refractivity contribution < 1.29 is 4.42 Å². The Kier molecular flexibility index (Phi) is 1.98. The molecule has 0 aliphatic rings. The van der Waals surface area contributed by atoms with Crippen molar-refractivity contribution in [1.29, 1.82) is 0 Å². The summed E-state index contributed by atoms with van der Waals surface area (Å²) >= 11 is 4.99. The van der Waals surface area contributed by atoms with Crippen molar-refractivity contribution in [2.24, 2.45) is 0 Å². The normalized spacial score (nSPS) is 10.2. The average molecular weight is 192 g/mol. The summed E-state index contributed by atoms with van der Waals surface area (Å²) in [4.78, 5) is 7.22. The molecule has 0 spiro atoms. The van der Waals surface area contributed by atoms with E-state index in [1.54, 1.807) is 6.26 Å². The van der Waals surface area contributed by atoms with Crippen LogP contribution in [0.3, 0.4) is 0 Å². The SMILES string of the molecule is Cc1cc(=S)nc(-c2ccco2)[nH]1. The van der Waals surface area contributed by atoms with Crippen molar-refractivity contribution in [3.63, 3.8) is 0 Å². The number of hydrogen-bond donors (Lipinski definition) is 1. The molecule has 0 atom stereocenters.